The van der Waals surface area contributed by atoms with Crippen LogP contribution in [-0.4, -0.2) is 46.9 Å². The number of unbranched alkanes of at least 4 members (excludes halogenated alkanes) is 27. The smallest absolute Gasteiger partial charge is 0.306 e. The molecule has 3 N–H and O–H groups in total. The highest BCUT2D eigenvalue weighted by atomic mass is 16.5. The van der Waals surface area contributed by atoms with Crippen molar-refractivity contribution in [2.45, 2.75) is 270 Å². The van der Waals surface area contributed by atoms with E-state index in [0.29, 0.717) is 19.3 Å². The van der Waals surface area contributed by atoms with Gasteiger partial charge in [0.15, 0.2) is 0 Å². The van der Waals surface area contributed by atoms with Crippen molar-refractivity contribution in [1.82, 2.24) is 5.32 Å². The van der Waals surface area contributed by atoms with Crippen LogP contribution in [0.5, 0.6) is 0 Å². The second-order valence-corrected chi connectivity index (χ2v) is 17.7. The molecular weight excluding hydrogens is 755 g/mol. The number of carbonyl (C=O) groups is 2. The molecule has 354 valence electrons. The zero-order valence-corrected chi connectivity index (χ0v) is 40.3. The Balaban J connectivity index is 4.69. The highest BCUT2D eigenvalue weighted by molar-refractivity contribution is 5.77. The van der Waals surface area contributed by atoms with E-state index in [2.05, 4.69) is 86.8 Å². The Morgan fingerprint density at radius 2 is 0.836 bits per heavy atom. The predicted molar refractivity (Wildman–Crippen MR) is 264 cm³/mol. The normalized spacial score (nSPS) is 13.7. The zero-order valence-electron chi connectivity index (χ0n) is 40.3. The summed E-state index contributed by atoms with van der Waals surface area (Å²) in [5, 5.41) is 23.7. The van der Waals surface area contributed by atoms with Crippen LogP contribution in [0, 0.1) is 0 Å². The summed E-state index contributed by atoms with van der Waals surface area (Å²) in [7, 11) is 0. The number of aliphatic hydroxyl groups is 2. The summed E-state index contributed by atoms with van der Waals surface area (Å²) in [6, 6.07) is -0.716. The lowest BCUT2D eigenvalue weighted by molar-refractivity contribution is -0.151. The molecule has 3 unspecified atom stereocenters. The molecule has 0 rings (SSSR count). The van der Waals surface area contributed by atoms with Crippen molar-refractivity contribution in [3.05, 3.63) is 60.8 Å². The third-order valence-electron chi connectivity index (χ3n) is 11.7. The second kappa shape index (κ2) is 48.6. The Morgan fingerprint density at radius 1 is 0.475 bits per heavy atom. The number of amides is 1. The van der Waals surface area contributed by atoms with Crippen LogP contribution in [0.4, 0.5) is 0 Å². The summed E-state index contributed by atoms with van der Waals surface area (Å²) >= 11 is 0. The number of ether oxygens (including phenoxy) is 1. The lowest BCUT2D eigenvalue weighted by atomic mass is 10.0. The molecular formula is C55H99NO5. The molecule has 3 atom stereocenters. The van der Waals surface area contributed by atoms with Crippen molar-refractivity contribution in [3.8, 4) is 0 Å². The lowest BCUT2D eigenvalue weighted by Crippen LogP contribution is -2.46. The fourth-order valence-electron chi connectivity index (χ4n) is 7.66. The molecule has 61 heavy (non-hydrogen) atoms. The molecule has 0 saturated carbocycles. The van der Waals surface area contributed by atoms with E-state index >= 15 is 0 Å². The van der Waals surface area contributed by atoms with Gasteiger partial charge in [0.05, 0.1) is 25.2 Å². The number of nitrogens with one attached hydrogen (secondary N) is 1. The van der Waals surface area contributed by atoms with Gasteiger partial charge in [-0.25, -0.2) is 0 Å². The average Bonchev–Trinajstić information content (AvgIpc) is 3.25. The van der Waals surface area contributed by atoms with E-state index in [1.807, 2.05) is 0 Å². The first-order chi connectivity index (χ1) is 30.0. The van der Waals surface area contributed by atoms with Crippen molar-refractivity contribution >= 4 is 11.9 Å². The number of hydrogen-bond acceptors (Lipinski definition) is 5. The van der Waals surface area contributed by atoms with Crippen LogP contribution in [0.3, 0.4) is 0 Å². The van der Waals surface area contributed by atoms with E-state index in [-0.39, 0.29) is 24.9 Å². The van der Waals surface area contributed by atoms with Gasteiger partial charge < -0.3 is 20.3 Å². The van der Waals surface area contributed by atoms with Crippen molar-refractivity contribution in [1.29, 1.82) is 0 Å². The van der Waals surface area contributed by atoms with E-state index in [4.69, 9.17) is 4.74 Å². The summed E-state index contributed by atoms with van der Waals surface area (Å²) in [5.41, 5.74) is 0. The second-order valence-electron chi connectivity index (χ2n) is 17.7. The van der Waals surface area contributed by atoms with Crippen LogP contribution >= 0.6 is 0 Å². The van der Waals surface area contributed by atoms with E-state index in [1.165, 1.54) is 128 Å². The lowest BCUT2D eigenvalue weighted by Gasteiger charge is -2.24. The minimum atomic E-state index is -0.800. The van der Waals surface area contributed by atoms with Gasteiger partial charge in [0.25, 0.3) is 0 Å². The molecule has 0 aromatic heterocycles. The van der Waals surface area contributed by atoms with Crippen molar-refractivity contribution in [2.75, 3.05) is 6.61 Å². The van der Waals surface area contributed by atoms with Crippen LogP contribution in [-0.2, 0) is 14.3 Å². The Bertz CT molecular complexity index is 1090. The van der Waals surface area contributed by atoms with Crippen LogP contribution in [0.1, 0.15) is 252 Å². The molecule has 0 aliphatic rings. The predicted octanol–water partition coefficient (Wildman–Crippen LogP) is 15.6. The van der Waals surface area contributed by atoms with E-state index in [0.717, 1.165) is 77.0 Å². The maximum atomic E-state index is 13.2. The maximum absolute atomic E-state index is 13.2. The summed E-state index contributed by atoms with van der Waals surface area (Å²) in [4.78, 5) is 26.1. The number of hydrogen-bond donors (Lipinski definition) is 3. The Kier molecular flexibility index (Phi) is 46.6. The van der Waals surface area contributed by atoms with Crippen LogP contribution in [0.2, 0.25) is 0 Å². The fraction of sp³-hybridized carbons (Fsp3) is 0.782. The van der Waals surface area contributed by atoms with Gasteiger partial charge in [-0.15, -0.1) is 0 Å². The SMILES string of the molecule is CCCCC/C=C/C=C/CCCCCCCCC(=O)OC(CCCCC/C=C/C=C/C=C/CCCCCCC)CC(=O)NC(CO)C(O)CCCCCCCCCCCCC. The molecule has 1 amide bonds. The van der Waals surface area contributed by atoms with Gasteiger partial charge in [-0.3, -0.25) is 9.59 Å². The third kappa shape index (κ3) is 44.0. The first-order valence-electron chi connectivity index (χ1n) is 26.1. The quantitative estimate of drug-likeness (QED) is 0.0322. The number of aliphatic hydroxyl groups excluding tert-OH is 2. The van der Waals surface area contributed by atoms with Gasteiger partial charge in [-0.2, -0.15) is 0 Å². The number of esters is 1. The van der Waals surface area contributed by atoms with Gasteiger partial charge in [0.1, 0.15) is 6.10 Å². The topological polar surface area (TPSA) is 95.9 Å². The largest absolute Gasteiger partial charge is 0.462 e. The Labute approximate surface area is 378 Å². The summed E-state index contributed by atoms with van der Waals surface area (Å²) in [6.07, 6.45) is 59.9. The van der Waals surface area contributed by atoms with Crippen molar-refractivity contribution in [2.24, 2.45) is 0 Å². The van der Waals surface area contributed by atoms with Gasteiger partial charge in [0.2, 0.25) is 5.91 Å². The van der Waals surface area contributed by atoms with Gasteiger partial charge in [-0.05, 0) is 77.0 Å². The molecule has 0 aromatic rings. The van der Waals surface area contributed by atoms with Gasteiger partial charge >= 0.3 is 5.97 Å². The minimum Gasteiger partial charge on any atom is -0.462 e. The van der Waals surface area contributed by atoms with Crippen LogP contribution < -0.4 is 5.32 Å². The molecule has 6 heteroatoms. The molecule has 0 fully saturated rings. The van der Waals surface area contributed by atoms with E-state index < -0.39 is 18.2 Å². The van der Waals surface area contributed by atoms with E-state index in [1.54, 1.807) is 0 Å². The highest BCUT2D eigenvalue weighted by Gasteiger charge is 2.24. The van der Waals surface area contributed by atoms with Gasteiger partial charge in [0, 0.05) is 6.42 Å². The molecule has 0 heterocycles. The number of carbonyl (C=O) groups excluding carboxylic acids is 2. The first-order valence-corrected chi connectivity index (χ1v) is 26.1. The number of allylic oxidation sites excluding steroid dienone is 10. The highest BCUT2D eigenvalue weighted by Crippen LogP contribution is 2.17. The van der Waals surface area contributed by atoms with Crippen LogP contribution in [0.25, 0.3) is 0 Å². The van der Waals surface area contributed by atoms with E-state index in [9.17, 15) is 19.8 Å². The fourth-order valence-corrected chi connectivity index (χ4v) is 7.66. The monoisotopic (exact) mass is 854 g/mol. The van der Waals surface area contributed by atoms with Crippen LogP contribution in [0.15, 0.2) is 60.8 Å². The summed E-state index contributed by atoms with van der Waals surface area (Å²) in [6.45, 7) is 6.42. The molecule has 0 saturated heterocycles. The molecule has 0 aliphatic carbocycles. The molecule has 0 radical (unpaired) electrons. The molecule has 0 bridgehead atoms. The minimum absolute atomic E-state index is 0.0491. The van der Waals surface area contributed by atoms with Crippen molar-refractivity contribution in [3.63, 3.8) is 0 Å². The third-order valence-corrected chi connectivity index (χ3v) is 11.7. The Hall–Kier alpha value is -2.44. The Morgan fingerprint density at radius 3 is 1.31 bits per heavy atom. The molecule has 0 aromatic carbocycles. The molecule has 6 nitrogen and oxygen atoms in total. The van der Waals surface area contributed by atoms with Crippen molar-refractivity contribution < 1.29 is 24.5 Å². The number of rotatable bonds is 46. The van der Waals surface area contributed by atoms with Gasteiger partial charge in [-0.1, -0.05) is 223 Å². The standard InChI is InChI=1S/C55H99NO5/c1-4-7-10-13-16-19-22-24-26-28-29-32-34-37-40-43-46-51(61-55(60)48-45-42-39-36-33-30-27-25-23-20-17-14-11-8-5-2)49-54(59)56-52(50-57)53(58)47-44-41-38-35-31-21-18-15-12-9-6-3/h17,20,22-26,28-29,32,51-53,57-58H,4-16,18-19,21,27,30-31,33-50H2,1-3H3,(H,56,59)/b20-17+,24-22+,25-23+,28-26+,32-29+. The maximum Gasteiger partial charge on any atom is 0.306 e. The summed E-state index contributed by atoms with van der Waals surface area (Å²) in [5.74, 6) is -0.519. The first kappa shape index (κ1) is 58.6. The molecule has 0 spiro atoms. The molecule has 0 aliphatic heterocycles. The average molecular weight is 854 g/mol. The summed E-state index contributed by atoms with van der Waals surface area (Å²) < 4.78 is 5.92. The zero-order chi connectivity index (χ0) is 44.5.